The van der Waals surface area contributed by atoms with Gasteiger partial charge in [-0.15, -0.1) is 0 Å². The minimum absolute atomic E-state index is 0.226. The molecule has 55 heavy (non-hydrogen) atoms. The van der Waals surface area contributed by atoms with Crippen LogP contribution in [-0.4, -0.2) is 72.6 Å². The highest BCUT2D eigenvalue weighted by Crippen LogP contribution is 2.68. The summed E-state index contributed by atoms with van der Waals surface area (Å²) >= 11 is 0. The van der Waals surface area contributed by atoms with Crippen LogP contribution in [0, 0.1) is 36.5 Å². The average molecular weight is 747 g/mol. The van der Waals surface area contributed by atoms with Gasteiger partial charge >= 0.3 is 0 Å². The zero-order valence-electron chi connectivity index (χ0n) is 33.6. The van der Waals surface area contributed by atoms with Crippen molar-refractivity contribution in [2.24, 2.45) is 0 Å². The van der Waals surface area contributed by atoms with E-state index in [4.69, 9.17) is 18.9 Å². The highest BCUT2D eigenvalue weighted by molar-refractivity contribution is 5.75. The monoisotopic (exact) mass is 746 g/mol. The highest BCUT2D eigenvalue weighted by Gasteiger charge is 2.59. The van der Waals surface area contributed by atoms with Gasteiger partial charge < -0.3 is 29.2 Å². The molecule has 2 N–H and O–H groups in total. The normalized spacial score (nSPS) is 22.8. The number of aliphatic hydroxyl groups excluding tert-OH is 2. The summed E-state index contributed by atoms with van der Waals surface area (Å²) in [4.78, 5) is 4.84. The van der Waals surface area contributed by atoms with Gasteiger partial charge in [0, 0.05) is 55.8 Å². The fraction of sp³-hybridized carbons (Fsp3) is 0.556. The van der Waals surface area contributed by atoms with E-state index in [2.05, 4.69) is 61.8 Å². The van der Waals surface area contributed by atoms with Crippen LogP contribution >= 0.6 is 0 Å². The van der Waals surface area contributed by atoms with Gasteiger partial charge in [-0.2, -0.15) is 10.5 Å². The van der Waals surface area contributed by atoms with E-state index in [-0.39, 0.29) is 23.0 Å². The molecule has 0 bridgehead atoms. The first-order valence-corrected chi connectivity index (χ1v) is 19.8. The molecule has 0 radical (unpaired) electrons. The van der Waals surface area contributed by atoms with E-state index in [9.17, 15) is 20.7 Å². The van der Waals surface area contributed by atoms with Crippen molar-refractivity contribution in [1.82, 2.24) is 9.80 Å². The molecule has 2 saturated heterocycles. The molecule has 3 aromatic carbocycles. The Labute approximate surface area is 325 Å². The summed E-state index contributed by atoms with van der Waals surface area (Å²) in [5.74, 6) is 3.22. The second-order valence-electron chi connectivity index (χ2n) is 17.9. The number of likely N-dealkylation sites (tertiary alicyclic amines) is 2. The summed E-state index contributed by atoms with van der Waals surface area (Å²) in [6, 6.07) is 9.04. The molecule has 10 heteroatoms. The molecule has 1 atom stereocenters. The number of ether oxygens (including phenoxy) is 4. The van der Waals surface area contributed by atoms with Crippen LogP contribution in [0.15, 0.2) is 12.1 Å². The number of methoxy groups -OCH3 is 2. The topological polar surface area (TPSA) is 131 Å². The largest absolute Gasteiger partial charge is 0.493 e. The molecule has 8 rings (SSSR count). The Balaban J connectivity index is 1.41. The zero-order chi connectivity index (χ0) is 39.2. The van der Waals surface area contributed by atoms with E-state index < -0.39 is 5.41 Å². The van der Waals surface area contributed by atoms with Gasteiger partial charge in [-0.1, -0.05) is 27.7 Å². The van der Waals surface area contributed by atoms with Gasteiger partial charge in [0.15, 0.2) is 34.5 Å². The molecule has 3 aromatic rings. The third-order valence-electron chi connectivity index (χ3n) is 13.5. The average Bonchev–Trinajstić information content (AvgIpc) is 3.51. The number of fused-ring (bicyclic) bond motifs is 6. The Bertz CT molecular complexity index is 2160. The summed E-state index contributed by atoms with van der Waals surface area (Å²) in [6.07, 6.45) is 3.96. The first-order chi connectivity index (χ1) is 26.2. The Morgan fingerprint density at radius 3 is 1.67 bits per heavy atom. The van der Waals surface area contributed by atoms with Gasteiger partial charge in [0.05, 0.1) is 26.4 Å². The van der Waals surface area contributed by atoms with E-state index >= 15 is 0 Å². The molecule has 3 aliphatic heterocycles. The number of piperidine rings is 2. The number of nitriles is 2. The van der Waals surface area contributed by atoms with Crippen LogP contribution in [0.1, 0.15) is 122 Å². The molecule has 1 spiro atoms. The van der Waals surface area contributed by atoms with Gasteiger partial charge in [0.25, 0.3) is 0 Å². The van der Waals surface area contributed by atoms with Crippen LogP contribution in [0.25, 0.3) is 0 Å². The molecule has 290 valence electrons. The minimum Gasteiger partial charge on any atom is -0.493 e. The van der Waals surface area contributed by atoms with Crippen molar-refractivity contribution in [2.45, 2.75) is 122 Å². The zero-order valence-corrected chi connectivity index (χ0v) is 33.6. The lowest BCUT2D eigenvalue weighted by Crippen LogP contribution is -2.37. The Morgan fingerprint density at radius 1 is 0.709 bits per heavy atom. The van der Waals surface area contributed by atoms with Gasteiger partial charge in [-0.25, -0.2) is 0 Å². The molecule has 0 amide bonds. The van der Waals surface area contributed by atoms with Gasteiger partial charge in [0.1, 0.15) is 23.3 Å². The third-order valence-corrected chi connectivity index (χ3v) is 13.5. The smallest absolute Gasteiger partial charge is 0.189 e. The van der Waals surface area contributed by atoms with Crippen LogP contribution in [0.5, 0.6) is 34.5 Å². The fourth-order valence-corrected chi connectivity index (χ4v) is 10.9. The second-order valence-corrected chi connectivity index (χ2v) is 17.9. The number of nitrogens with zero attached hydrogens (tertiary/aromatic N) is 4. The summed E-state index contributed by atoms with van der Waals surface area (Å²) in [5.41, 5.74) is 8.36. The quantitative estimate of drug-likeness (QED) is 0.204. The molecule has 2 fully saturated rings. The van der Waals surface area contributed by atoms with Crippen LogP contribution in [-0.2, 0) is 29.3 Å². The van der Waals surface area contributed by atoms with Crippen molar-refractivity contribution >= 4 is 0 Å². The SMILES string of the molecule is COc1cc2c(c(CN3CCC(O)CC3)c1OC)C1(CC2(C)C)CC(C)(C)c2cc3c(c(CN4CCC(O)CC4)c21)Oc1c(C#N)c(C)c(C)c(C#N)c1O3. The molecule has 0 saturated carbocycles. The van der Waals surface area contributed by atoms with Gasteiger partial charge in [0.2, 0.25) is 0 Å². The van der Waals surface area contributed by atoms with Crippen molar-refractivity contribution in [3.8, 4) is 46.6 Å². The molecule has 10 nitrogen and oxygen atoms in total. The molecule has 0 aromatic heterocycles. The van der Waals surface area contributed by atoms with E-state index in [0.717, 1.165) is 74.5 Å². The Hall–Kier alpha value is -4.32. The number of benzene rings is 3. The molecule has 5 aliphatic rings. The molecule has 2 aliphatic carbocycles. The maximum absolute atomic E-state index is 10.5. The third kappa shape index (κ3) is 5.79. The van der Waals surface area contributed by atoms with E-state index in [0.29, 0.717) is 71.2 Å². The van der Waals surface area contributed by atoms with Crippen LogP contribution < -0.4 is 18.9 Å². The fourth-order valence-electron chi connectivity index (χ4n) is 10.9. The van der Waals surface area contributed by atoms with E-state index in [1.165, 1.54) is 22.3 Å². The molecule has 3 heterocycles. The van der Waals surface area contributed by atoms with Crippen LogP contribution in [0.3, 0.4) is 0 Å². The van der Waals surface area contributed by atoms with Crippen LogP contribution in [0.4, 0.5) is 0 Å². The van der Waals surface area contributed by atoms with Crippen molar-refractivity contribution in [2.75, 3.05) is 40.4 Å². The van der Waals surface area contributed by atoms with Crippen molar-refractivity contribution in [1.29, 1.82) is 10.5 Å². The van der Waals surface area contributed by atoms with Gasteiger partial charge in [-0.05, 0) is 109 Å². The van der Waals surface area contributed by atoms with E-state index in [1.54, 1.807) is 14.2 Å². The number of hydrogen-bond acceptors (Lipinski definition) is 10. The van der Waals surface area contributed by atoms with Gasteiger partial charge in [-0.3, -0.25) is 9.80 Å². The lowest BCUT2D eigenvalue weighted by atomic mass is 9.70. The summed E-state index contributed by atoms with van der Waals surface area (Å²) in [5, 5.41) is 41.7. The lowest BCUT2D eigenvalue weighted by molar-refractivity contribution is 0.0784. The minimum atomic E-state index is -0.440. The molecular weight excluding hydrogens is 693 g/mol. The number of hydrogen-bond donors (Lipinski definition) is 2. The number of rotatable bonds is 6. The maximum atomic E-state index is 10.5. The summed E-state index contributed by atoms with van der Waals surface area (Å²) in [7, 11) is 3.44. The van der Waals surface area contributed by atoms with Crippen molar-refractivity contribution in [3.05, 3.63) is 67.8 Å². The summed E-state index contributed by atoms with van der Waals surface area (Å²) < 4.78 is 26.1. The Morgan fingerprint density at radius 2 is 1.18 bits per heavy atom. The van der Waals surface area contributed by atoms with Crippen LogP contribution in [0.2, 0.25) is 0 Å². The van der Waals surface area contributed by atoms with Crippen molar-refractivity contribution in [3.63, 3.8) is 0 Å². The second kappa shape index (κ2) is 13.4. The molecular formula is C45H54N4O6. The first kappa shape index (κ1) is 37.6. The first-order valence-electron chi connectivity index (χ1n) is 19.8. The predicted octanol–water partition coefficient (Wildman–Crippen LogP) is 7.52. The van der Waals surface area contributed by atoms with Crippen molar-refractivity contribution < 1.29 is 29.2 Å². The number of aliphatic hydroxyl groups is 2. The predicted molar refractivity (Wildman–Crippen MR) is 209 cm³/mol. The summed E-state index contributed by atoms with van der Waals surface area (Å²) in [6.45, 7) is 17.4. The maximum Gasteiger partial charge on any atom is 0.189 e. The standard InChI is InChI=1S/C45H54N4O6/c1-25-26(2)30(20-47)42-41(29(25)19-46)54-36-18-34-38(32(40(36)55-42)22-49-15-11-28(51)12-16-49)45(24-44(34,5)6)23-43(3,4)33-17-35(52-7)39(53-8)31(37(33)45)21-48-13-9-27(50)10-14-48/h17-18,27-28,50-51H,9-16,21-24H2,1-8H3. The molecule has 1 unspecified atom stereocenters. The highest BCUT2D eigenvalue weighted by atomic mass is 16.6. The Kier molecular flexibility index (Phi) is 9.17. The van der Waals surface area contributed by atoms with E-state index in [1.807, 2.05) is 13.8 Å². The lowest BCUT2D eigenvalue weighted by Gasteiger charge is -2.37.